The van der Waals surface area contributed by atoms with E-state index in [9.17, 15) is 9.59 Å². The van der Waals surface area contributed by atoms with Crippen LogP contribution >= 0.6 is 15.9 Å². The highest BCUT2D eigenvalue weighted by atomic mass is 79.9. The van der Waals surface area contributed by atoms with Crippen LogP contribution in [0.3, 0.4) is 0 Å². The van der Waals surface area contributed by atoms with Gasteiger partial charge in [0, 0.05) is 30.7 Å². The summed E-state index contributed by atoms with van der Waals surface area (Å²) in [6, 6.07) is 15.7. The van der Waals surface area contributed by atoms with Crippen molar-refractivity contribution in [3.63, 3.8) is 0 Å². The number of amides is 2. The van der Waals surface area contributed by atoms with Crippen molar-refractivity contribution in [2.24, 2.45) is 0 Å². The second-order valence-corrected chi connectivity index (χ2v) is 8.31. The molecule has 2 aliphatic heterocycles. The number of rotatable bonds is 6. The molecule has 0 radical (unpaired) electrons. The van der Waals surface area contributed by atoms with E-state index in [1.165, 1.54) is 10.5 Å². The second kappa shape index (κ2) is 9.59. The Morgan fingerprint density at radius 1 is 1.20 bits per heavy atom. The van der Waals surface area contributed by atoms with Gasteiger partial charge in [-0.1, -0.05) is 46.3 Å². The summed E-state index contributed by atoms with van der Waals surface area (Å²) < 4.78 is 12.1. The molecule has 30 heavy (non-hydrogen) atoms. The highest BCUT2D eigenvalue weighted by molar-refractivity contribution is 9.10. The third-order valence-electron chi connectivity index (χ3n) is 5.17. The zero-order valence-corrected chi connectivity index (χ0v) is 18.1. The van der Waals surface area contributed by atoms with Crippen LogP contribution in [-0.2, 0) is 20.9 Å². The molecule has 7 nitrogen and oxygen atoms in total. The average Bonchev–Trinajstić information content (AvgIpc) is 2.75. The molecule has 0 bridgehead atoms. The van der Waals surface area contributed by atoms with Crippen LogP contribution in [0, 0.1) is 0 Å². The number of morpholine rings is 1. The van der Waals surface area contributed by atoms with Crippen LogP contribution in [0.5, 0.6) is 5.75 Å². The first-order chi connectivity index (χ1) is 14.6. The molecule has 158 valence electrons. The van der Waals surface area contributed by atoms with Gasteiger partial charge in [-0.2, -0.15) is 0 Å². The van der Waals surface area contributed by atoms with E-state index in [0.717, 1.165) is 24.1 Å². The summed E-state index contributed by atoms with van der Waals surface area (Å²) in [6.45, 7) is 3.42. The molecule has 1 atom stereocenters. The molecule has 2 amide bonds. The maximum absolute atomic E-state index is 12.5. The Labute approximate surface area is 184 Å². The van der Waals surface area contributed by atoms with Crippen LogP contribution < -0.4 is 15.0 Å². The minimum absolute atomic E-state index is 0.0444. The molecule has 1 saturated heterocycles. The molecule has 2 aromatic carbocycles. The highest BCUT2D eigenvalue weighted by Crippen LogP contribution is 2.34. The minimum Gasteiger partial charge on any atom is -0.482 e. The zero-order valence-electron chi connectivity index (χ0n) is 16.6. The number of nitrogens with one attached hydrogen (secondary N) is 1. The van der Waals surface area contributed by atoms with Gasteiger partial charge in [-0.25, -0.2) is 0 Å². The topological polar surface area (TPSA) is 71.1 Å². The molecular weight excluding hydrogens is 450 g/mol. The van der Waals surface area contributed by atoms with Gasteiger partial charge in [-0.15, -0.1) is 0 Å². The second-order valence-electron chi connectivity index (χ2n) is 7.40. The molecule has 0 saturated carbocycles. The van der Waals surface area contributed by atoms with Gasteiger partial charge in [0.15, 0.2) is 6.61 Å². The Bertz CT molecular complexity index is 909. The van der Waals surface area contributed by atoms with E-state index in [4.69, 9.17) is 9.47 Å². The van der Waals surface area contributed by atoms with E-state index in [1.807, 2.05) is 24.3 Å². The van der Waals surface area contributed by atoms with E-state index in [2.05, 4.69) is 38.3 Å². The first kappa shape index (κ1) is 20.8. The van der Waals surface area contributed by atoms with Gasteiger partial charge >= 0.3 is 0 Å². The molecule has 4 rings (SSSR count). The van der Waals surface area contributed by atoms with Crippen molar-refractivity contribution in [1.29, 1.82) is 0 Å². The number of nitrogens with zero attached hydrogens (tertiary/aromatic N) is 2. The van der Waals surface area contributed by atoms with Crippen LogP contribution in [0.25, 0.3) is 0 Å². The molecule has 8 heteroatoms. The number of carbonyl (C=O) groups excluding carboxylic acids is 2. The zero-order chi connectivity index (χ0) is 20.9. The predicted molar refractivity (Wildman–Crippen MR) is 116 cm³/mol. The lowest BCUT2D eigenvalue weighted by molar-refractivity contribution is -0.125. The molecule has 1 fully saturated rings. The number of carbonyl (C=O) groups is 2. The number of hydrogen-bond donors (Lipinski definition) is 1. The lowest BCUT2D eigenvalue weighted by Gasteiger charge is -2.33. The van der Waals surface area contributed by atoms with Gasteiger partial charge in [-0.3, -0.25) is 19.4 Å². The third-order valence-corrected chi connectivity index (χ3v) is 5.66. The van der Waals surface area contributed by atoms with Crippen molar-refractivity contribution < 1.29 is 19.1 Å². The first-order valence-corrected chi connectivity index (χ1v) is 10.7. The molecule has 1 unspecified atom stereocenters. The molecule has 2 aromatic rings. The molecule has 2 aliphatic rings. The highest BCUT2D eigenvalue weighted by Gasteiger charge is 2.28. The normalized spacial score (nSPS) is 19.2. The Balaban J connectivity index is 1.29. The summed E-state index contributed by atoms with van der Waals surface area (Å²) in [4.78, 5) is 28.6. The van der Waals surface area contributed by atoms with Crippen LogP contribution in [0.1, 0.15) is 5.56 Å². The summed E-state index contributed by atoms with van der Waals surface area (Å²) >= 11 is 3.39. The Morgan fingerprint density at radius 2 is 2.03 bits per heavy atom. The van der Waals surface area contributed by atoms with Crippen LogP contribution in [0.4, 0.5) is 5.69 Å². The quantitative estimate of drug-likeness (QED) is 0.696. The van der Waals surface area contributed by atoms with Crippen molar-refractivity contribution in [3.05, 3.63) is 58.6 Å². The monoisotopic (exact) mass is 473 g/mol. The van der Waals surface area contributed by atoms with E-state index >= 15 is 0 Å². The van der Waals surface area contributed by atoms with Crippen molar-refractivity contribution in [3.8, 4) is 5.75 Å². The van der Waals surface area contributed by atoms with Gasteiger partial charge in [0.25, 0.3) is 5.91 Å². The average molecular weight is 474 g/mol. The molecular formula is C22H24BrN3O4. The van der Waals surface area contributed by atoms with Crippen LogP contribution in [-0.4, -0.2) is 62.2 Å². The van der Waals surface area contributed by atoms with Crippen molar-refractivity contribution in [1.82, 2.24) is 10.2 Å². The number of ether oxygens (including phenoxy) is 2. The van der Waals surface area contributed by atoms with E-state index in [-0.39, 0.29) is 31.1 Å². The van der Waals surface area contributed by atoms with Crippen molar-refractivity contribution >= 4 is 33.4 Å². The van der Waals surface area contributed by atoms with Gasteiger partial charge in [-0.05, 0) is 23.8 Å². The van der Waals surface area contributed by atoms with Gasteiger partial charge in [0.2, 0.25) is 5.91 Å². The fourth-order valence-corrected chi connectivity index (χ4v) is 4.01. The SMILES string of the molecule is O=C(CN1C(=O)COc2cc(Br)ccc21)NCC1CN(Cc2ccccc2)CCO1. The number of fused-ring (bicyclic) bond motifs is 1. The van der Waals surface area contributed by atoms with Crippen LogP contribution in [0.15, 0.2) is 53.0 Å². The fraction of sp³-hybridized carbons (Fsp3) is 0.364. The fourth-order valence-electron chi connectivity index (χ4n) is 3.67. The summed E-state index contributed by atoms with van der Waals surface area (Å²) in [5.41, 5.74) is 1.87. The molecule has 1 N–H and O–H groups in total. The number of anilines is 1. The van der Waals surface area contributed by atoms with Crippen molar-refractivity contribution in [2.75, 3.05) is 44.3 Å². The maximum Gasteiger partial charge on any atom is 0.265 e. The number of hydrogen-bond acceptors (Lipinski definition) is 5. The predicted octanol–water partition coefficient (Wildman–Crippen LogP) is 2.19. The van der Waals surface area contributed by atoms with Gasteiger partial charge in [0.1, 0.15) is 12.3 Å². The summed E-state index contributed by atoms with van der Waals surface area (Å²) in [7, 11) is 0. The van der Waals surface area contributed by atoms with E-state index in [0.29, 0.717) is 24.6 Å². The lowest BCUT2D eigenvalue weighted by atomic mass is 10.2. The minimum atomic E-state index is -0.233. The van der Waals surface area contributed by atoms with Crippen molar-refractivity contribution in [2.45, 2.75) is 12.6 Å². The Morgan fingerprint density at radius 3 is 2.87 bits per heavy atom. The van der Waals surface area contributed by atoms with Gasteiger partial charge < -0.3 is 14.8 Å². The van der Waals surface area contributed by atoms with E-state index < -0.39 is 0 Å². The maximum atomic E-state index is 12.5. The Hall–Kier alpha value is -2.42. The first-order valence-electron chi connectivity index (χ1n) is 9.96. The molecule has 0 aliphatic carbocycles. The molecule has 2 heterocycles. The van der Waals surface area contributed by atoms with Crippen LogP contribution in [0.2, 0.25) is 0 Å². The number of halogens is 1. The molecule has 0 aromatic heterocycles. The largest absolute Gasteiger partial charge is 0.482 e. The molecule has 0 spiro atoms. The summed E-state index contributed by atoms with van der Waals surface area (Å²) in [5.74, 6) is 0.134. The summed E-state index contributed by atoms with van der Waals surface area (Å²) in [6.07, 6.45) is -0.0740. The smallest absolute Gasteiger partial charge is 0.265 e. The lowest BCUT2D eigenvalue weighted by Crippen LogP contribution is -2.50. The number of benzene rings is 2. The Kier molecular flexibility index (Phi) is 6.66. The van der Waals surface area contributed by atoms with Gasteiger partial charge in [0.05, 0.1) is 18.4 Å². The third kappa shape index (κ3) is 5.19. The summed E-state index contributed by atoms with van der Waals surface area (Å²) in [5, 5.41) is 2.91. The van der Waals surface area contributed by atoms with E-state index in [1.54, 1.807) is 12.1 Å². The standard InChI is InChI=1S/C22H24BrN3O4/c23-17-6-7-19-20(10-17)30-15-22(28)26(19)14-21(27)24-11-18-13-25(8-9-29-18)12-16-4-2-1-3-5-16/h1-7,10,18H,8-9,11-15H2,(H,24,27).